The van der Waals surface area contributed by atoms with Crippen LogP contribution in [0.5, 0.6) is 0 Å². The lowest BCUT2D eigenvalue weighted by Crippen LogP contribution is -2.31. The molecule has 2 nitrogen and oxygen atoms in total. The summed E-state index contributed by atoms with van der Waals surface area (Å²) in [4.78, 5) is 1.58. The Hall–Kier alpha value is -0.940. The van der Waals surface area contributed by atoms with Crippen molar-refractivity contribution in [1.29, 1.82) is 0 Å². The second-order valence-corrected chi connectivity index (χ2v) is 4.06. The summed E-state index contributed by atoms with van der Waals surface area (Å²) in [6.45, 7) is 1.07. The van der Waals surface area contributed by atoms with E-state index in [1.807, 2.05) is 0 Å². The van der Waals surface area contributed by atoms with E-state index < -0.39 is 11.7 Å². The molecular formula is C12H15ClF3NO. The molecule has 1 rings (SSSR count). The molecule has 0 aliphatic rings. The first-order chi connectivity index (χ1) is 8.50. The Morgan fingerprint density at radius 3 is 2.44 bits per heavy atom. The standard InChI is InChI=1S/C12H15ClF3NO/c1-18-9-8-17(7-6-13)11-5-3-2-4-10(11)12(14,15)16/h2-5H,6-9H2,1H3. The minimum atomic E-state index is -4.37. The van der Waals surface area contributed by atoms with Gasteiger partial charge in [-0.2, -0.15) is 13.2 Å². The lowest BCUT2D eigenvalue weighted by molar-refractivity contribution is -0.137. The molecule has 0 unspecified atom stereocenters. The zero-order valence-electron chi connectivity index (χ0n) is 10.0. The number of hydrogen-bond acceptors (Lipinski definition) is 2. The largest absolute Gasteiger partial charge is 0.418 e. The lowest BCUT2D eigenvalue weighted by Gasteiger charge is -2.26. The van der Waals surface area contributed by atoms with Gasteiger partial charge in [-0.05, 0) is 12.1 Å². The van der Waals surface area contributed by atoms with Gasteiger partial charge in [-0.1, -0.05) is 12.1 Å². The van der Waals surface area contributed by atoms with Crippen molar-refractivity contribution in [3.63, 3.8) is 0 Å². The number of anilines is 1. The number of alkyl halides is 4. The summed E-state index contributed by atoms with van der Waals surface area (Å²) >= 11 is 5.63. The maximum Gasteiger partial charge on any atom is 0.418 e. The van der Waals surface area contributed by atoms with E-state index in [9.17, 15) is 13.2 Å². The Morgan fingerprint density at radius 1 is 1.22 bits per heavy atom. The van der Waals surface area contributed by atoms with Crippen LogP contribution in [0.2, 0.25) is 0 Å². The van der Waals surface area contributed by atoms with Crippen molar-refractivity contribution in [2.24, 2.45) is 0 Å². The van der Waals surface area contributed by atoms with Crippen molar-refractivity contribution in [3.8, 4) is 0 Å². The average Bonchev–Trinajstić information content (AvgIpc) is 2.33. The number of nitrogens with zero attached hydrogens (tertiary/aromatic N) is 1. The molecule has 0 bridgehead atoms. The van der Waals surface area contributed by atoms with Gasteiger partial charge in [0.1, 0.15) is 0 Å². The van der Waals surface area contributed by atoms with Gasteiger partial charge in [0, 0.05) is 31.8 Å². The Labute approximate surface area is 109 Å². The second-order valence-electron chi connectivity index (χ2n) is 3.68. The molecule has 0 saturated heterocycles. The Kier molecular flexibility index (Phi) is 5.75. The summed E-state index contributed by atoms with van der Waals surface area (Å²) < 4.78 is 43.5. The Morgan fingerprint density at radius 2 is 1.89 bits per heavy atom. The molecule has 0 fully saturated rings. The number of halogens is 4. The predicted octanol–water partition coefficient (Wildman–Crippen LogP) is 3.40. The molecule has 0 atom stereocenters. The molecule has 1 aromatic rings. The van der Waals surface area contributed by atoms with E-state index in [0.29, 0.717) is 19.7 Å². The van der Waals surface area contributed by atoms with Gasteiger partial charge in [0.25, 0.3) is 0 Å². The van der Waals surface area contributed by atoms with Crippen LogP contribution in [0.3, 0.4) is 0 Å². The third-order valence-electron chi connectivity index (χ3n) is 2.47. The summed E-state index contributed by atoms with van der Waals surface area (Å²) in [5.74, 6) is 0.260. The van der Waals surface area contributed by atoms with Crippen molar-refractivity contribution in [2.75, 3.05) is 37.6 Å². The van der Waals surface area contributed by atoms with Crippen molar-refractivity contribution in [3.05, 3.63) is 29.8 Å². The van der Waals surface area contributed by atoms with Crippen LogP contribution in [-0.2, 0) is 10.9 Å². The lowest BCUT2D eigenvalue weighted by atomic mass is 10.1. The van der Waals surface area contributed by atoms with Gasteiger partial charge in [-0.3, -0.25) is 0 Å². The van der Waals surface area contributed by atoms with Crippen molar-refractivity contribution in [1.82, 2.24) is 0 Å². The maximum absolute atomic E-state index is 12.9. The van der Waals surface area contributed by atoms with E-state index in [1.165, 1.54) is 19.2 Å². The molecule has 1 aromatic carbocycles. The molecule has 0 aromatic heterocycles. The van der Waals surface area contributed by atoms with E-state index in [0.717, 1.165) is 6.07 Å². The van der Waals surface area contributed by atoms with Crippen molar-refractivity contribution >= 4 is 17.3 Å². The van der Waals surface area contributed by atoms with Gasteiger partial charge in [0.15, 0.2) is 0 Å². The van der Waals surface area contributed by atoms with Crippen molar-refractivity contribution < 1.29 is 17.9 Å². The van der Waals surface area contributed by atoms with E-state index in [-0.39, 0.29) is 11.6 Å². The number of benzene rings is 1. The van der Waals surface area contributed by atoms with Gasteiger partial charge >= 0.3 is 6.18 Å². The van der Waals surface area contributed by atoms with Crippen LogP contribution in [0.1, 0.15) is 5.56 Å². The predicted molar refractivity (Wildman–Crippen MR) is 66.3 cm³/mol. The van der Waals surface area contributed by atoms with Gasteiger partial charge < -0.3 is 9.64 Å². The summed E-state index contributed by atoms with van der Waals surface area (Å²) in [6.07, 6.45) is -4.37. The zero-order valence-corrected chi connectivity index (χ0v) is 10.8. The van der Waals surface area contributed by atoms with Gasteiger partial charge in [0.2, 0.25) is 0 Å². The minimum Gasteiger partial charge on any atom is -0.383 e. The molecule has 0 saturated carbocycles. The van der Waals surface area contributed by atoms with E-state index in [4.69, 9.17) is 16.3 Å². The van der Waals surface area contributed by atoms with Gasteiger partial charge in [-0.15, -0.1) is 11.6 Å². The molecule has 102 valence electrons. The highest BCUT2D eigenvalue weighted by Gasteiger charge is 2.34. The van der Waals surface area contributed by atoms with E-state index in [1.54, 1.807) is 11.0 Å². The fraction of sp³-hybridized carbons (Fsp3) is 0.500. The van der Waals surface area contributed by atoms with Crippen molar-refractivity contribution in [2.45, 2.75) is 6.18 Å². The number of rotatable bonds is 6. The first-order valence-electron chi connectivity index (χ1n) is 5.46. The molecule has 0 N–H and O–H groups in total. The summed E-state index contributed by atoms with van der Waals surface area (Å²) in [5.41, 5.74) is -0.506. The third-order valence-corrected chi connectivity index (χ3v) is 2.64. The molecule has 0 aliphatic heterocycles. The number of hydrogen-bond donors (Lipinski definition) is 0. The first kappa shape index (κ1) is 15.1. The zero-order chi connectivity index (χ0) is 13.6. The maximum atomic E-state index is 12.9. The average molecular weight is 282 g/mol. The highest BCUT2D eigenvalue weighted by Crippen LogP contribution is 2.36. The quantitative estimate of drug-likeness (QED) is 0.741. The van der Waals surface area contributed by atoms with Gasteiger partial charge in [0.05, 0.1) is 12.2 Å². The second kappa shape index (κ2) is 6.85. The van der Waals surface area contributed by atoms with Crippen LogP contribution in [0, 0.1) is 0 Å². The minimum absolute atomic E-state index is 0.141. The summed E-state index contributed by atoms with van der Waals surface area (Å²) in [5, 5.41) is 0. The highest BCUT2D eigenvalue weighted by molar-refractivity contribution is 6.18. The van der Waals surface area contributed by atoms with E-state index in [2.05, 4.69) is 0 Å². The molecule has 0 spiro atoms. The van der Waals surface area contributed by atoms with E-state index >= 15 is 0 Å². The summed E-state index contributed by atoms with van der Waals surface area (Å²) in [6, 6.07) is 5.48. The van der Waals surface area contributed by atoms with Gasteiger partial charge in [-0.25, -0.2) is 0 Å². The normalized spacial score (nSPS) is 11.6. The first-order valence-corrected chi connectivity index (χ1v) is 6.00. The molecule has 0 amide bonds. The number of methoxy groups -OCH3 is 1. The molecule has 18 heavy (non-hydrogen) atoms. The fourth-order valence-corrected chi connectivity index (χ4v) is 1.85. The van der Waals surface area contributed by atoms with Crippen LogP contribution in [0.25, 0.3) is 0 Å². The van der Waals surface area contributed by atoms with Crippen LogP contribution >= 0.6 is 11.6 Å². The molecular weight excluding hydrogens is 267 g/mol. The SMILES string of the molecule is COCCN(CCCl)c1ccccc1C(F)(F)F. The van der Waals surface area contributed by atoms with Crippen LogP contribution in [0.15, 0.2) is 24.3 Å². The Balaban J connectivity index is 3.03. The molecule has 6 heteroatoms. The number of ether oxygens (including phenoxy) is 1. The fourth-order valence-electron chi connectivity index (χ4n) is 1.65. The van der Waals surface area contributed by atoms with Crippen LogP contribution < -0.4 is 4.90 Å². The number of para-hydroxylation sites is 1. The monoisotopic (exact) mass is 281 g/mol. The van der Waals surface area contributed by atoms with Crippen LogP contribution in [0.4, 0.5) is 18.9 Å². The molecule has 0 radical (unpaired) electrons. The Bertz CT molecular complexity index is 371. The smallest absolute Gasteiger partial charge is 0.383 e. The topological polar surface area (TPSA) is 12.5 Å². The third kappa shape index (κ3) is 4.07. The summed E-state index contributed by atoms with van der Waals surface area (Å²) in [7, 11) is 1.51. The van der Waals surface area contributed by atoms with Crippen LogP contribution in [-0.4, -0.2) is 32.7 Å². The highest BCUT2D eigenvalue weighted by atomic mass is 35.5. The molecule has 0 heterocycles. The molecule has 0 aliphatic carbocycles.